The van der Waals surface area contributed by atoms with E-state index in [2.05, 4.69) is 22.8 Å². The Kier molecular flexibility index (Phi) is 9.21. The van der Waals surface area contributed by atoms with E-state index in [-0.39, 0.29) is 24.7 Å². The van der Waals surface area contributed by atoms with E-state index in [9.17, 15) is 9.59 Å². The van der Waals surface area contributed by atoms with Crippen molar-refractivity contribution in [2.75, 3.05) is 19.0 Å². The summed E-state index contributed by atoms with van der Waals surface area (Å²) in [7, 11) is 1.53. The van der Waals surface area contributed by atoms with Crippen LogP contribution in [0.4, 0.5) is 5.69 Å². The highest BCUT2D eigenvalue weighted by Crippen LogP contribution is 2.23. The van der Waals surface area contributed by atoms with E-state index in [1.54, 1.807) is 24.4 Å². The predicted molar refractivity (Wildman–Crippen MR) is 113 cm³/mol. The Balaban J connectivity index is 1.71. The zero-order valence-corrected chi connectivity index (χ0v) is 16.8. The molecule has 0 radical (unpaired) electrons. The first-order valence-corrected chi connectivity index (χ1v) is 9.60. The van der Waals surface area contributed by atoms with Crippen molar-refractivity contribution in [3.8, 4) is 11.5 Å². The maximum absolute atomic E-state index is 12.0. The van der Waals surface area contributed by atoms with E-state index >= 15 is 0 Å². The normalized spacial score (nSPS) is 10.6. The maximum Gasteiger partial charge on any atom is 0.240 e. The number of rotatable bonds is 11. The monoisotopic (exact) mass is 397 g/mol. The van der Waals surface area contributed by atoms with Crippen LogP contribution < -0.4 is 20.2 Å². The minimum Gasteiger partial charge on any atom is -0.495 e. The molecule has 0 aliphatic heterocycles. The number of carbonyl (C=O) groups excluding carboxylic acids is 2. The summed E-state index contributed by atoms with van der Waals surface area (Å²) in [6, 6.07) is 14.5. The van der Waals surface area contributed by atoms with E-state index in [0.717, 1.165) is 24.2 Å². The molecule has 2 amide bonds. The van der Waals surface area contributed by atoms with Gasteiger partial charge in [-0.05, 0) is 48.4 Å². The molecule has 0 saturated heterocycles. The molecule has 0 saturated carbocycles. The van der Waals surface area contributed by atoms with Crippen molar-refractivity contribution in [1.29, 1.82) is 0 Å². The number of methoxy groups -OCH3 is 1. The number of ether oxygens (including phenoxy) is 2. The van der Waals surface area contributed by atoms with E-state index in [0.29, 0.717) is 18.0 Å². The Hall–Kier alpha value is -3.35. The Morgan fingerprint density at radius 3 is 2.48 bits per heavy atom. The average Bonchev–Trinajstić information content (AvgIpc) is 2.74. The second-order valence-electron chi connectivity index (χ2n) is 6.31. The molecule has 29 heavy (non-hydrogen) atoms. The number of hydrazone groups is 1. The molecule has 0 aromatic heterocycles. The molecule has 0 heterocycles. The molecule has 2 aromatic rings. The number of para-hydroxylation sites is 2. The van der Waals surface area contributed by atoms with Crippen LogP contribution in [0, 0.1) is 0 Å². The van der Waals surface area contributed by atoms with Gasteiger partial charge in [-0.25, -0.2) is 5.43 Å². The zero-order valence-electron chi connectivity index (χ0n) is 16.8. The largest absolute Gasteiger partial charge is 0.495 e. The first-order chi connectivity index (χ1) is 14.1. The van der Waals surface area contributed by atoms with Crippen LogP contribution in [0.3, 0.4) is 0 Å². The van der Waals surface area contributed by atoms with Crippen molar-refractivity contribution in [1.82, 2.24) is 5.43 Å². The van der Waals surface area contributed by atoms with E-state index in [1.807, 2.05) is 30.3 Å². The molecule has 2 N–H and O–H groups in total. The molecule has 0 aliphatic rings. The SMILES string of the molecule is CCCCOc1ccc(C=NNC(=O)CCC(=O)Nc2ccccc2OC)cc1. The van der Waals surface area contributed by atoms with Crippen LogP contribution in [0.5, 0.6) is 11.5 Å². The molecular weight excluding hydrogens is 370 g/mol. The highest BCUT2D eigenvalue weighted by Gasteiger charge is 2.09. The molecule has 154 valence electrons. The van der Waals surface area contributed by atoms with Gasteiger partial charge in [-0.1, -0.05) is 25.5 Å². The van der Waals surface area contributed by atoms with E-state index < -0.39 is 0 Å². The fraction of sp³-hybridized carbons (Fsp3) is 0.318. The van der Waals surface area contributed by atoms with Crippen molar-refractivity contribution >= 4 is 23.7 Å². The number of nitrogens with one attached hydrogen (secondary N) is 2. The highest BCUT2D eigenvalue weighted by atomic mass is 16.5. The third kappa shape index (κ3) is 8.04. The van der Waals surface area contributed by atoms with Gasteiger partial charge in [0.15, 0.2) is 0 Å². The Morgan fingerprint density at radius 1 is 1.03 bits per heavy atom. The van der Waals surface area contributed by atoms with Crippen molar-refractivity contribution < 1.29 is 19.1 Å². The molecule has 0 aliphatic carbocycles. The first kappa shape index (κ1) is 21.9. The average molecular weight is 397 g/mol. The van der Waals surface area contributed by atoms with Crippen LogP contribution in [-0.2, 0) is 9.59 Å². The van der Waals surface area contributed by atoms with Gasteiger partial charge < -0.3 is 14.8 Å². The number of benzene rings is 2. The molecular formula is C22H27N3O4. The number of hydrogen-bond donors (Lipinski definition) is 2. The van der Waals surface area contributed by atoms with Gasteiger partial charge in [0.1, 0.15) is 11.5 Å². The van der Waals surface area contributed by atoms with Gasteiger partial charge in [0.25, 0.3) is 0 Å². The standard InChI is InChI=1S/C22H27N3O4/c1-3-4-15-29-18-11-9-17(10-12-18)16-23-25-22(27)14-13-21(26)24-19-7-5-6-8-20(19)28-2/h5-12,16H,3-4,13-15H2,1-2H3,(H,24,26)(H,25,27). The smallest absolute Gasteiger partial charge is 0.240 e. The first-order valence-electron chi connectivity index (χ1n) is 9.60. The highest BCUT2D eigenvalue weighted by molar-refractivity contribution is 5.94. The van der Waals surface area contributed by atoms with Gasteiger partial charge in [0, 0.05) is 12.8 Å². The minimum absolute atomic E-state index is 0.0303. The number of amides is 2. The zero-order chi connectivity index (χ0) is 20.9. The van der Waals surface area contributed by atoms with Crippen LogP contribution in [0.2, 0.25) is 0 Å². The molecule has 0 spiro atoms. The quantitative estimate of drug-likeness (QED) is 0.343. The molecule has 7 nitrogen and oxygen atoms in total. The fourth-order valence-corrected chi connectivity index (χ4v) is 2.41. The molecule has 2 aromatic carbocycles. The summed E-state index contributed by atoms with van der Waals surface area (Å²) in [5.74, 6) is 0.764. The van der Waals surface area contributed by atoms with Gasteiger partial charge in [0.05, 0.1) is 25.6 Å². The number of hydrogen-bond acceptors (Lipinski definition) is 5. The van der Waals surface area contributed by atoms with Crippen molar-refractivity contribution in [2.24, 2.45) is 5.10 Å². The van der Waals surface area contributed by atoms with Gasteiger partial charge in [-0.3, -0.25) is 9.59 Å². The van der Waals surface area contributed by atoms with Gasteiger partial charge in [-0.2, -0.15) is 5.10 Å². The lowest BCUT2D eigenvalue weighted by Gasteiger charge is -2.09. The summed E-state index contributed by atoms with van der Waals surface area (Å²) in [5, 5.41) is 6.65. The van der Waals surface area contributed by atoms with E-state index in [4.69, 9.17) is 9.47 Å². The number of unbranched alkanes of at least 4 members (excludes halogenated alkanes) is 1. The summed E-state index contributed by atoms with van der Waals surface area (Å²) in [4.78, 5) is 23.9. The van der Waals surface area contributed by atoms with Crippen LogP contribution in [0.15, 0.2) is 53.6 Å². The molecule has 0 atom stereocenters. The molecule has 0 fully saturated rings. The van der Waals surface area contributed by atoms with Crippen LogP contribution in [0.25, 0.3) is 0 Å². The third-order valence-corrected chi connectivity index (χ3v) is 4.01. The number of anilines is 1. The number of carbonyl (C=O) groups is 2. The van der Waals surface area contributed by atoms with Gasteiger partial charge in [0.2, 0.25) is 11.8 Å². The van der Waals surface area contributed by atoms with Crippen molar-refractivity contribution in [3.63, 3.8) is 0 Å². The lowest BCUT2D eigenvalue weighted by molar-refractivity contribution is -0.124. The second-order valence-corrected chi connectivity index (χ2v) is 6.31. The summed E-state index contributed by atoms with van der Waals surface area (Å²) in [6.45, 7) is 2.81. The van der Waals surface area contributed by atoms with E-state index in [1.165, 1.54) is 7.11 Å². The summed E-state index contributed by atoms with van der Waals surface area (Å²) < 4.78 is 10.8. The minimum atomic E-state index is -0.337. The van der Waals surface area contributed by atoms with Crippen molar-refractivity contribution in [3.05, 3.63) is 54.1 Å². The van der Waals surface area contributed by atoms with Crippen LogP contribution >= 0.6 is 0 Å². The third-order valence-electron chi connectivity index (χ3n) is 4.01. The lowest BCUT2D eigenvalue weighted by atomic mass is 10.2. The molecule has 0 bridgehead atoms. The van der Waals surface area contributed by atoms with Crippen LogP contribution in [-0.4, -0.2) is 31.7 Å². The maximum atomic E-state index is 12.0. The Bertz CT molecular complexity index is 819. The van der Waals surface area contributed by atoms with Gasteiger partial charge >= 0.3 is 0 Å². The number of nitrogens with zero attached hydrogens (tertiary/aromatic N) is 1. The lowest BCUT2D eigenvalue weighted by Crippen LogP contribution is -2.20. The summed E-state index contributed by atoms with van der Waals surface area (Å²) in [6.07, 6.45) is 3.73. The Morgan fingerprint density at radius 2 is 1.76 bits per heavy atom. The molecule has 2 rings (SSSR count). The topological polar surface area (TPSA) is 89.0 Å². The summed E-state index contributed by atoms with van der Waals surface area (Å²) in [5.41, 5.74) is 3.83. The molecule has 0 unspecified atom stereocenters. The van der Waals surface area contributed by atoms with Crippen molar-refractivity contribution in [2.45, 2.75) is 32.6 Å². The Labute approximate surface area is 171 Å². The van der Waals surface area contributed by atoms with Crippen LogP contribution in [0.1, 0.15) is 38.2 Å². The predicted octanol–water partition coefficient (Wildman–Crippen LogP) is 3.74. The fourth-order valence-electron chi connectivity index (χ4n) is 2.41. The summed E-state index contributed by atoms with van der Waals surface area (Å²) >= 11 is 0. The van der Waals surface area contributed by atoms with Gasteiger partial charge in [-0.15, -0.1) is 0 Å². The second kappa shape index (κ2) is 12.2. The molecule has 7 heteroatoms.